The van der Waals surface area contributed by atoms with Crippen LogP contribution in [-0.2, 0) is 19.0 Å². The Hall–Kier alpha value is -2.37. The zero-order valence-corrected chi connectivity index (χ0v) is 14.9. The molecule has 2 aromatic rings. The molecule has 1 heterocycles. The highest BCUT2D eigenvalue weighted by atomic mass is 19.4. The smallest absolute Gasteiger partial charge is 0.350 e. The van der Waals surface area contributed by atoms with E-state index >= 15 is 0 Å². The summed E-state index contributed by atoms with van der Waals surface area (Å²) in [6, 6.07) is 8.82. The van der Waals surface area contributed by atoms with Crippen molar-refractivity contribution in [3.8, 4) is 0 Å². The van der Waals surface area contributed by atoms with E-state index in [9.17, 15) is 18.0 Å². The van der Waals surface area contributed by atoms with Crippen molar-refractivity contribution in [3.05, 3.63) is 65.0 Å². The van der Waals surface area contributed by atoms with Crippen LogP contribution in [0.4, 0.5) is 13.2 Å². The summed E-state index contributed by atoms with van der Waals surface area (Å²) >= 11 is 0. The highest BCUT2D eigenvalue weighted by Crippen LogP contribution is 2.29. The number of rotatable bonds is 7. The summed E-state index contributed by atoms with van der Waals surface area (Å²) in [7, 11) is 0. The van der Waals surface area contributed by atoms with Crippen molar-refractivity contribution in [1.29, 1.82) is 0 Å². The molecule has 1 amide bonds. The molecule has 0 saturated carbocycles. The quantitative estimate of drug-likeness (QED) is 0.776. The van der Waals surface area contributed by atoms with Gasteiger partial charge in [-0.05, 0) is 54.5 Å². The fourth-order valence-electron chi connectivity index (χ4n) is 2.45. The van der Waals surface area contributed by atoms with Crippen LogP contribution >= 0.6 is 0 Å². The maximum absolute atomic E-state index is 12.5. The Kier molecular flexibility index (Phi) is 6.77. The molecule has 1 N–H and O–H groups in total. The number of amides is 1. The van der Waals surface area contributed by atoms with Crippen LogP contribution in [0.3, 0.4) is 0 Å². The Bertz CT molecular complexity index is 707. The second-order valence-corrected chi connectivity index (χ2v) is 6.70. The molecule has 6 heteroatoms. The van der Waals surface area contributed by atoms with E-state index in [0.717, 1.165) is 36.1 Å². The van der Waals surface area contributed by atoms with Crippen molar-refractivity contribution < 1.29 is 18.0 Å². The first-order chi connectivity index (χ1) is 12.3. The number of aromatic nitrogens is 1. The molecule has 3 nitrogen and oxygen atoms in total. The second-order valence-electron chi connectivity index (χ2n) is 6.70. The van der Waals surface area contributed by atoms with Crippen LogP contribution < -0.4 is 5.32 Å². The zero-order valence-electron chi connectivity index (χ0n) is 14.9. The molecule has 0 atom stereocenters. The zero-order chi connectivity index (χ0) is 19.2. The molecule has 0 spiro atoms. The number of halogens is 3. The molecular weight excluding hydrogens is 341 g/mol. The van der Waals surface area contributed by atoms with Crippen molar-refractivity contribution in [3.63, 3.8) is 0 Å². The molecule has 1 aromatic heterocycles. The summed E-state index contributed by atoms with van der Waals surface area (Å²) in [6.07, 6.45) is -0.382. The van der Waals surface area contributed by atoms with Gasteiger partial charge in [-0.2, -0.15) is 13.2 Å². The minimum absolute atomic E-state index is 0.185. The first-order valence-electron chi connectivity index (χ1n) is 8.65. The number of nitrogens with zero attached hydrogens (tertiary/aromatic N) is 1. The lowest BCUT2D eigenvalue weighted by molar-refractivity contribution is -0.137. The first-order valence-corrected chi connectivity index (χ1v) is 8.65. The molecule has 0 bridgehead atoms. The number of nitrogens with one attached hydrogen (secondary N) is 1. The van der Waals surface area contributed by atoms with Gasteiger partial charge in [-0.1, -0.05) is 32.0 Å². The Balaban J connectivity index is 1.82. The van der Waals surface area contributed by atoms with Gasteiger partial charge >= 0.3 is 6.18 Å². The molecule has 26 heavy (non-hydrogen) atoms. The van der Waals surface area contributed by atoms with Crippen molar-refractivity contribution in [1.82, 2.24) is 10.3 Å². The minimum Gasteiger partial charge on any atom is -0.350 e. The van der Waals surface area contributed by atoms with E-state index in [0.29, 0.717) is 24.6 Å². The highest BCUT2D eigenvalue weighted by Gasteiger charge is 2.29. The number of benzene rings is 1. The topological polar surface area (TPSA) is 42.0 Å². The summed E-state index contributed by atoms with van der Waals surface area (Å²) in [6.45, 7) is 4.65. The number of carbonyl (C=O) groups excluding carboxylic acids is 1. The standard InChI is InChI=1S/C20H23F3N2O/c1-14(2)12-25-19(26)18-11-8-16(13-24-18)5-3-4-15-6-9-17(10-7-15)20(21,22)23/h6-11,13-14H,3-5,12H2,1-2H3,(H,25,26). The predicted octanol–water partition coefficient (Wildman–Crippen LogP) is 4.66. The third-order valence-electron chi connectivity index (χ3n) is 3.94. The van der Waals surface area contributed by atoms with Crippen LogP contribution in [0.2, 0.25) is 0 Å². The number of aryl methyl sites for hydroxylation is 2. The summed E-state index contributed by atoms with van der Waals surface area (Å²) in [5.74, 6) is 0.193. The summed E-state index contributed by atoms with van der Waals surface area (Å²) in [4.78, 5) is 16.1. The van der Waals surface area contributed by atoms with Crippen LogP contribution in [-0.4, -0.2) is 17.4 Å². The van der Waals surface area contributed by atoms with Gasteiger partial charge in [0, 0.05) is 12.7 Å². The molecular formula is C20H23F3N2O. The van der Waals surface area contributed by atoms with Crippen molar-refractivity contribution in [2.75, 3.05) is 6.54 Å². The molecule has 0 aliphatic heterocycles. The number of alkyl halides is 3. The van der Waals surface area contributed by atoms with Gasteiger partial charge in [0.25, 0.3) is 5.91 Å². The molecule has 0 fully saturated rings. The second kappa shape index (κ2) is 8.83. The summed E-state index contributed by atoms with van der Waals surface area (Å²) in [5, 5.41) is 2.82. The third kappa shape index (κ3) is 6.17. The van der Waals surface area contributed by atoms with E-state index in [-0.39, 0.29) is 5.91 Å². The van der Waals surface area contributed by atoms with E-state index in [2.05, 4.69) is 10.3 Å². The van der Waals surface area contributed by atoms with Gasteiger partial charge < -0.3 is 5.32 Å². The van der Waals surface area contributed by atoms with Gasteiger partial charge in [-0.25, -0.2) is 0 Å². The fraction of sp³-hybridized carbons (Fsp3) is 0.400. The van der Waals surface area contributed by atoms with Gasteiger partial charge in [-0.15, -0.1) is 0 Å². The molecule has 0 aliphatic rings. The first kappa shape index (κ1) is 19.9. The van der Waals surface area contributed by atoms with Crippen LogP contribution in [0, 0.1) is 5.92 Å². The molecule has 140 valence electrons. The number of pyridine rings is 1. The molecule has 1 aromatic carbocycles. The minimum atomic E-state index is -4.30. The Morgan fingerprint density at radius 2 is 1.65 bits per heavy atom. The van der Waals surface area contributed by atoms with Crippen molar-refractivity contribution >= 4 is 5.91 Å². The largest absolute Gasteiger partial charge is 0.416 e. The maximum atomic E-state index is 12.5. The van der Waals surface area contributed by atoms with Crippen LogP contribution in [0.15, 0.2) is 42.6 Å². The highest BCUT2D eigenvalue weighted by molar-refractivity contribution is 5.92. The van der Waals surface area contributed by atoms with Crippen molar-refractivity contribution in [2.24, 2.45) is 5.92 Å². The van der Waals surface area contributed by atoms with E-state index in [1.165, 1.54) is 12.1 Å². The SMILES string of the molecule is CC(C)CNC(=O)c1ccc(CCCc2ccc(C(F)(F)F)cc2)cn1. The summed E-state index contributed by atoms with van der Waals surface area (Å²) in [5.41, 5.74) is 1.63. The molecule has 2 rings (SSSR count). The van der Waals surface area contributed by atoms with E-state index in [1.807, 2.05) is 19.9 Å². The fourth-order valence-corrected chi connectivity index (χ4v) is 2.45. The van der Waals surface area contributed by atoms with Gasteiger partial charge in [0.2, 0.25) is 0 Å². The van der Waals surface area contributed by atoms with Crippen LogP contribution in [0.1, 0.15) is 47.4 Å². The van der Waals surface area contributed by atoms with Gasteiger partial charge in [0.1, 0.15) is 5.69 Å². The third-order valence-corrected chi connectivity index (χ3v) is 3.94. The Morgan fingerprint density at radius 1 is 1.04 bits per heavy atom. The predicted molar refractivity (Wildman–Crippen MR) is 94.9 cm³/mol. The van der Waals surface area contributed by atoms with Crippen LogP contribution in [0.25, 0.3) is 0 Å². The van der Waals surface area contributed by atoms with Gasteiger partial charge in [-0.3, -0.25) is 9.78 Å². The lowest BCUT2D eigenvalue weighted by Gasteiger charge is -2.08. The molecule has 0 unspecified atom stereocenters. The number of hydrogen-bond donors (Lipinski definition) is 1. The van der Waals surface area contributed by atoms with E-state index < -0.39 is 11.7 Å². The number of carbonyl (C=O) groups is 1. The lowest BCUT2D eigenvalue weighted by atomic mass is 10.0. The average Bonchev–Trinajstić information content (AvgIpc) is 2.60. The molecule has 0 aliphatic carbocycles. The van der Waals surface area contributed by atoms with E-state index in [1.54, 1.807) is 12.3 Å². The Morgan fingerprint density at radius 3 is 2.19 bits per heavy atom. The summed E-state index contributed by atoms with van der Waals surface area (Å²) < 4.78 is 37.6. The maximum Gasteiger partial charge on any atom is 0.416 e. The normalized spacial score (nSPS) is 11.6. The van der Waals surface area contributed by atoms with Gasteiger partial charge in [0.05, 0.1) is 5.56 Å². The van der Waals surface area contributed by atoms with E-state index in [4.69, 9.17) is 0 Å². The van der Waals surface area contributed by atoms with Gasteiger partial charge in [0.15, 0.2) is 0 Å². The average molecular weight is 364 g/mol. The number of hydrogen-bond acceptors (Lipinski definition) is 2. The Labute approximate surface area is 151 Å². The van der Waals surface area contributed by atoms with Crippen molar-refractivity contribution in [2.45, 2.75) is 39.3 Å². The monoisotopic (exact) mass is 364 g/mol. The molecule has 0 saturated heterocycles. The molecule has 0 radical (unpaired) electrons. The van der Waals surface area contributed by atoms with Crippen LogP contribution in [0.5, 0.6) is 0 Å². The lowest BCUT2D eigenvalue weighted by Crippen LogP contribution is -2.28.